The van der Waals surface area contributed by atoms with Crippen LogP contribution in [0.15, 0.2) is 11.2 Å². The number of aliphatic imine (C=N–C) groups is 1. The van der Waals surface area contributed by atoms with E-state index in [1.807, 2.05) is 0 Å². The van der Waals surface area contributed by atoms with Gasteiger partial charge in [-0.25, -0.2) is 4.79 Å². The van der Waals surface area contributed by atoms with Crippen molar-refractivity contribution in [2.24, 2.45) is 4.99 Å². The molecular weight excluding hydrogens is 224 g/mol. The van der Waals surface area contributed by atoms with Crippen LogP contribution < -0.4 is 0 Å². The number of hydrogen-bond donors (Lipinski definition) is 3. The molecule has 0 aliphatic rings. The van der Waals surface area contributed by atoms with E-state index in [0.29, 0.717) is 16.8 Å². The minimum absolute atomic E-state index is 0.0992. The summed E-state index contributed by atoms with van der Waals surface area (Å²) >= 11 is 0. The van der Waals surface area contributed by atoms with Crippen molar-refractivity contribution < 1.29 is 20.1 Å². The SMILES string of the molecule is Cc1ncc(CO)c(C=N[C@@H](C)C(=O)O)c1O. The second kappa shape index (κ2) is 5.40. The largest absolute Gasteiger partial charge is 0.505 e. The first-order valence-electron chi connectivity index (χ1n) is 5.01. The Bertz CT molecular complexity index is 457. The van der Waals surface area contributed by atoms with E-state index < -0.39 is 12.0 Å². The van der Waals surface area contributed by atoms with Crippen LogP contribution in [-0.4, -0.2) is 38.5 Å². The van der Waals surface area contributed by atoms with Gasteiger partial charge in [-0.05, 0) is 13.8 Å². The number of pyridine rings is 1. The molecule has 0 aromatic carbocycles. The average Bonchev–Trinajstić information content (AvgIpc) is 2.30. The molecular formula is C11H14N2O4. The lowest BCUT2D eigenvalue weighted by Gasteiger charge is -2.07. The standard InChI is InChI=1S/C11H14N2O4/c1-6-10(15)9(8(5-14)3-12-6)4-13-7(2)11(16)17/h3-4,7,14-15H,5H2,1-2H3,(H,16,17)/t7-/m0/s1. The zero-order valence-corrected chi connectivity index (χ0v) is 9.58. The predicted octanol–water partition coefficient (Wildman–Crippen LogP) is 0.480. The Morgan fingerprint density at radius 2 is 2.29 bits per heavy atom. The van der Waals surface area contributed by atoms with Gasteiger partial charge in [-0.15, -0.1) is 0 Å². The Balaban J connectivity index is 3.12. The summed E-state index contributed by atoms with van der Waals surface area (Å²) in [7, 11) is 0. The number of carboxylic acids is 1. The van der Waals surface area contributed by atoms with Gasteiger partial charge >= 0.3 is 5.97 Å². The Hall–Kier alpha value is -1.95. The third-order valence-corrected chi connectivity index (χ3v) is 2.31. The van der Waals surface area contributed by atoms with Gasteiger partial charge in [0.05, 0.1) is 12.3 Å². The second-order valence-electron chi connectivity index (χ2n) is 3.58. The molecule has 1 atom stereocenters. The zero-order chi connectivity index (χ0) is 13.0. The highest BCUT2D eigenvalue weighted by Gasteiger charge is 2.11. The van der Waals surface area contributed by atoms with Crippen molar-refractivity contribution in [1.29, 1.82) is 0 Å². The topological polar surface area (TPSA) is 103 Å². The number of aryl methyl sites for hydroxylation is 1. The molecule has 0 bridgehead atoms. The molecule has 0 spiro atoms. The Morgan fingerprint density at radius 3 is 2.82 bits per heavy atom. The maximum Gasteiger partial charge on any atom is 0.328 e. The summed E-state index contributed by atoms with van der Waals surface area (Å²) in [6, 6.07) is -0.908. The first-order chi connectivity index (χ1) is 7.97. The molecule has 1 aromatic heterocycles. The smallest absolute Gasteiger partial charge is 0.328 e. The van der Waals surface area contributed by atoms with E-state index in [1.165, 1.54) is 19.3 Å². The van der Waals surface area contributed by atoms with Crippen molar-refractivity contribution >= 4 is 12.2 Å². The second-order valence-corrected chi connectivity index (χ2v) is 3.58. The summed E-state index contributed by atoms with van der Waals surface area (Å²) in [6.45, 7) is 2.72. The van der Waals surface area contributed by atoms with Gasteiger partial charge in [0, 0.05) is 23.5 Å². The molecule has 92 valence electrons. The fourth-order valence-electron chi connectivity index (χ4n) is 1.17. The summed E-state index contributed by atoms with van der Waals surface area (Å²) in [5.74, 6) is -1.16. The lowest BCUT2D eigenvalue weighted by molar-refractivity contribution is -0.137. The van der Waals surface area contributed by atoms with Crippen LogP contribution in [0.1, 0.15) is 23.7 Å². The van der Waals surface area contributed by atoms with Crippen molar-refractivity contribution in [2.45, 2.75) is 26.5 Å². The number of aromatic hydroxyl groups is 1. The Labute approximate surface area is 98.3 Å². The summed E-state index contributed by atoms with van der Waals surface area (Å²) in [6.07, 6.45) is 2.66. The molecule has 1 aromatic rings. The van der Waals surface area contributed by atoms with Crippen molar-refractivity contribution in [1.82, 2.24) is 4.98 Å². The van der Waals surface area contributed by atoms with E-state index in [2.05, 4.69) is 9.98 Å². The van der Waals surface area contributed by atoms with E-state index in [9.17, 15) is 9.90 Å². The fraction of sp³-hybridized carbons (Fsp3) is 0.364. The van der Waals surface area contributed by atoms with Gasteiger partial charge in [0.25, 0.3) is 0 Å². The molecule has 6 nitrogen and oxygen atoms in total. The van der Waals surface area contributed by atoms with Gasteiger partial charge in [0.15, 0.2) is 0 Å². The Kier molecular flexibility index (Phi) is 4.17. The molecule has 3 N–H and O–H groups in total. The van der Waals surface area contributed by atoms with Crippen molar-refractivity contribution in [3.8, 4) is 5.75 Å². The van der Waals surface area contributed by atoms with Gasteiger partial charge < -0.3 is 15.3 Å². The maximum absolute atomic E-state index is 10.6. The number of carbonyl (C=O) groups is 1. The number of aliphatic hydroxyl groups is 1. The van der Waals surface area contributed by atoms with Crippen LogP contribution in [0.4, 0.5) is 0 Å². The number of rotatable bonds is 4. The first kappa shape index (κ1) is 13.1. The molecule has 1 heterocycles. The normalized spacial score (nSPS) is 12.9. The number of aliphatic carboxylic acids is 1. The molecule has 0 radical (unpaired) electrons. The third kappa shape index (κ3) is 3.01. The monoisotopic (exact) mass is 238 g/mol. The molecule has 0 unspecified atom stereocenters. The maximum atomic E-state index is 10.6. The number of hydrogen-bond acceptors (Lipinski definition) is 5. The predicted molar refractivity (Wildman–Crippen MR) is 61.3 cm³/mol. The summed E-state index contributed by atoms with van der Waals surface area (Å²) in [5, 5.41) is 27.5. The third-order valence-electron chi connectivity index (χ3n) is 2.31. The van der Waals surface area contributed by atoms with Crippen molar-refractivity contribution in [2.75, 3.05) is 0 Å². The molecule has 0 aliphatic heterocycles. The van der Waals surface area contributed by atoms with Crippen LogP contribution in [-0.2, 0) is 11.4 Å². The quantitative estimate of drug-likeness (QED) is 0.662. The number of nitrogens with zero attached hydrogens (tertiary/aromatic N) is 2. The highest BCUT2D eigenvalue weighted by atomic mass is 16.4. The van der Waals surface area contributed by atoms with Crippen LogP contribution in [0.5, 0.6) is 5.75 Å². The van der Waals surface area contributed by atoms with Gasteiger partial charge in [-0.3, -0.25) is 9.98 Å². The lowest BCUT2D eigenvalue weighted by atomic mass is 10.1. The molecule has 0 fully saturated rings. The number of aromatic nitrogens is 1. The van der Waals surface area contributed by atoms with E-state index in [0.717, 1.165) is 0 Å². The van der Waals surface area contributed by atoms with Crippen LogP contribution in [0.2, 0.25) is 0 Å². The minimum Gasteiger partial charge on any atom is -0.505 e. The molecule has 6 heteroatoms. The molecule has 1 rings (SSSR count). The first-order valence-corrected chi connectivity index (χ1v) is 5.01. The van der Waals surface area contributed by atoms with E-state index in [1.54, 1.807) is 6.92 Å². The average molecular weight is 238 g/mol. The summed E-state index contributed by atoms with van der Waals surface area (Å²) < 4.78 is 0. The van der Waals surface area contributed by atoms with E-state index in [4.69, 9.17) is 10.2 Å². The summed E-state index contributed by atoms with van der Waals surface area (Å²) in [5.41, 5.74) is 1.09. The molecule has 0 aliphatic carbocycles. The van der Waals surface area contributed by atoms with Crippen molar-refractivity contribution in [3.05, 3.63) is 23.0 Å². The van der Waals surface area contributed by atoms with Gasteiger partial charge in [-0.1, -0.05) is 0 Å². The molecule has 0 amide bonds. The molecule has 17 heavy (non-hydrogen) atoms. The van der Waals surface area contributed by atoms with Gasteiger partial charge in [0.1, 0.15) is 11.8 Å². The zero-order valence-electron chi connectivity index (χ0n) is 9.58. The van der Waals surface area contributed by atoms with E-state index >= 15 is 0 Å². The minimum atomic E-state index is -1.06. The van der Waals surface area contributed by atoms with Crippen LogP contribution >= 0.6 is 0 Å². The molecule has 0 saturated heterocycles. The number of carboxylic acid groups (broad SMARTS) is 1. The van der Waals surface area contributed by atoms with Gasteiger partial charge in [-0.2, -0.15) is 0 Å². The van der Waals surface area contributed by atoms with E-state index in [-0.39, 0.29) is 12.4 Å². The van der Waals surface area contributed by atoms with Crippen LogP contribution in [0.3, 0.4) is 0 Å². The highest BCUT2D eigenvalue weighted by Crippen LogP contribution is 2.22. The summed E-state index contributed by atoms with van der Waals surface area (Å²) in [4.78, 5) is 18.3. The highest BCUT2D eigenvalue weighted by molar-refractivity contribution is 5.87. The molecule has 0 saturated carbocycles. The van der Waals surface area contributed by atoms with Crippen LogP contribution in [0, 0.1) is 6.92 Å². The van der Waals surface area contributed by atoms with Crippen LogP contribution in [0.25, 0.3) is 0 Å². The van der Waals surface area contributed by atoms with Crippen molar-refractivity contribution in [3.63, 3.8) is 0 Å². The number of aliphatic hydroxyl groups excluding tert-OH is 1. The lowest BCUT2D eigenvalue weighted by Crippen LogP contribution is -2.13. The Morgan fingerprint density at radius 1 is 1.65 bits per heavy atom. The van der Waals surface area contributed by atoms with Gasteiger partial charge in [0.2, 0.25) is 0 Å². The fourth-order valence-corrected chi connectivity index (χ4v) is 1.17.